The lowest BCUT2D eigenvalue weighted by Crippen LogP contribution is -2.26. The fraction of sp³-hybridized carbons (Fsp3) is 0. The molecule has 0 amide bonds. The number of hydrogen-bond acceptors (Lipinski definition) is 2. The summed E-state index contributed by atoms with van der Waals surface area (Å²) in [7, 11) is -3.25. The van der Waals surface area contributed by atoms with Crippen LogP contribution in [-0.2, 0) is 4.57 Å². The minimum absolute atomic E-state index is 0.819. The number of aromatic nitrogens is 2. The van der Waals surface area contributed by atoms with E-state index in [9.17, 15) is 0 Å². The highest BCUT2D eigenvalue weighted by Crippen LogP contribution is 2.46. The normalized spacial score (nSPS) is 12.2. The quantitative estimate of drug-likeness (QED) is 0.178. The first kappa shape index (κ1) is 22.3. The average molecular weight is 519 g/mol. The number of para-hydroxylation sites is 3. The number of benzene rings is 6. The molecule has 0 saturated heterocycles. The molecule has 0 radical (unpaired) electrons. The second-order valence-corrected chi connectivity index (χ2v) is 12.7. The Kier molecular flexibility index (Phi) is 4.79. The molecule has 0 aliphatic carbocycles. The number of pyridine rings is 1. The van der Waals surface area contributed by atoms with Gasteiger partial charge in [0.1, 0.15) is 5.65 Å². The molecule has 6 aromatic carbocycles. The van der Waals surface area contributed by atoms with Crippen LogP contribution in [0.15, 0.2) is 140 Å². The van der Waals surface area contributed by atoms with Gasteiger partial charge >= 0.3 is 0 Å². The molecule has 0 atom stereocenters. The van der Waals surface area contributed by atoms with Crippen LogP contribution in [0.3, 0.4) is 0 Å². The molecule has 2 heterocycles. The maximum absolute atomic E-state index is 15.6. The van der Waals surface area contributed by atoms with Crippen LogP contribution in [-0.4, -0.2) is 9.38 Å². The van der Waals surface area contributed by atoms with E-state index in [1.165, 1.54) is 5.39 Å². The largest absolute Gasteiger partial charge is 0.309 e. The van der Waals surface area contributed by atoms with E-state index in [0.29, 0.717) is 0 Å². The molecule has 3 nitrogen and oxygen atoms in total. The van der Waals surface area contributed by atoms with Crippen LogP contribution in [0.2, 0.25) is 0 Å². The first-order valence-electron chi connectivity index (χ1n) is 13.1. The summed E-state index contributed by atoms with van der Waals surface area (Å²) in [5.41, 5.74) is 3.76. The molecule has 8 aromatic rings. The minimum atomic E-state index is -3.25. The number of hydrogen-bond donors (Lipinski definition) is 0. The minimum Gasteiger partial charge on any atom is -0.309 e. The molecular formula is C35H23N2OP. The molecule has 4 heteroatoms. The zero-order valence-corrected chi connectivity index (χ0v) is 21.9. The van der Waals surface area contributed by atoms with Crippen LogP contribution >= 0.6 is 7.14 Å². The van der Waals surface area contributed by atoms with Crippen LogP contribution in [0, 0.1) is 0 Å². The number of rotatable bonds is 3. The van der Waals surface area contributed by atoms with Gasteiger partial charge in [0.15, 0.2) is 7.14 Å². The highest BCUT2D eigenvalue weighted by molar-refractivity contribution is 7.85. The lowest BCUT2D eigenvalue weighted by atomic mass is 9.99. The molecule has 0 fully saturated rings. The Labute approximate surface area is 225 Å². The molecule has 2 aromatic heterocycles. The van der Waals surface area contributed by atoms with Gasteiger partial charge in [-0.2, -0.15) is 0 Å². The van der Waals surface area contributed by atoms with Crippen LogP contribution in [0.25, 0.3) is 49.1 Å². The third kappa shape index (κ3) is 3.11. The van der Waals surface area contributed by atoms with Crippen LogP contribution in [0.1, 0.15) is 0 Å². The Morgan fingerprint density at radius 3 is 1.95 bits per heavy atom. The highest BCUT2D eigenvalue weighted by atomic mass is 31.2. The second kappa shape index (κ2) is 8.39. The predicted molar refractivity (Wildman–Crippen MR) is 165 cm³/mol. The Bertz CT molecular complexity index is 2210. The summed E-state index contributed by atoms with van der Waals surface area (Å²) in [4.78, 5) is 5.19. The average Bonchev–Trinajstić information content (AvgIpc) is 3.40. The molecule has 39 heavy (non-hydrogen) atoms. The maximum atomic E-state index is 15.6. The summed E-state index contributed by atoms with van der Waals surface area (Å²) in [6.45, 7) is 0. The van der Waals surface area contributed by atoms with Gasteiger partial charge in [0.2, 0.25) is 0 Å². The van der Waals surface area contributed by atoms with Crippen molar-refractivity contribution in [3.63, 3.8) is 0 Å². The predicted octanol–water partition coefficient (Wildman–Crippen LogP) is 7.59. The fourth-order valence-corrected chi connectivity index (χ4v) is 8.95. The first-order valence-corrected chi connectivity index (χ1v) is 14.8. The topological polar surface area (TPSA) is 34.4 Å². The zero-order chi connectivity index (χ0) is 26.0. The molecule has 0 saturated carbocycles. The number of fused-ring (bicyclic) bond motifs is 10. The lowest BCUT2D eigenvalue weighted by molar-refractivity contribution is 0.592. The molecule has 8 rings (SSSR count). The van der Waals surface area contributed by atoms with Crippen LogP contribution in [0.4, 0.5) is 0 Å². The van der Waals surface area contributed by atoms with Crippen molar-refractivity contribution in [3.05, 3.63) is 140 Å². The van der Waals surface area contributed by atoms with Gasteiger partial charge in [-0.1, -0.05) is 121 Å². The monoisotopic (exact) mass is 518 g/mol. The Hall–Kier alpha value is -4.72. The molecule has 0 spiro atoms. The molecule has 0 bridgehead atoms. The van der Waals surface area contributed by atoms with Crippen molar-refractivity contribution < 1.29 is 4.57 Å². The lowest BCUT2D eigenvalue weighted by Gasteiger charge is -2.23. The van der Waals surface area contributed by atoms with Gasteiger partial charge in [-0.25, -0.2) is 4.98 Å². The smallest absolute Gasteiger partial charge is 0.173 e. The van der Waals surface area contributed by atoms with Crippen molar-refractivity contribution in [2.24, 2.45) is 0 Å². The number of nitrogens with zero attached hydrogens (tertiary/aromatic N) is 2. The van der Waals surface area contributed by atoms with E-state index in [-0.39, 0.29) is 0 Å². The Morgan fingerprint density at radius 2 is 1.18 bits per heavy atom. The van der Waals surface area contributed by atoms with Crippen LogP contribution < -0.4 is 15.9 Å². The van der Waals surface area contributed by atoms with Gasteiger partial charge in [-0.05, 0) is 34.4 Å². The molecule has 0 aliphatic heterocycles. The fourth-order valence-electron chi connectivity index (χ4n) is 6.10. The summed E-state index contributed by atoms with van der Waals surface area (Å²) in [5, 5.41) is 8.09. The van der Waals surface area contributed by atoms with Crippen molar-refractivity contribution in [2.45, 2.75) is 0 Å². The van der Waals surface area contributed by atoms with Crippen molar-refractivity contribution in [1.82, 2.24) is 9.38 Å². The van der Waals surface area contributed by atoms with Crippen molar-refractivity contribution >= 4 is 72.2 Å². The van der Waals surface area contributed by atoms with Gasteiger partial charge in [0.25, 0.3) is 0 Å². The molecule has 184 valence electrons. The van der Waals surface area contributed by atoms with E-state index in [2.05, 4.69) is 65.1 Å². The van der Waals surface area contributed by atoms with E-state index >= 15 is 4.57 Å². The van der Waals surface area contributed by atoms with Gasteiger partial charge in [-0.15, -0.1) is 0 Å². The summed E-state index contributed by atoms with van der Waals surface area (Å²) in [6, 6.07) is 47.1. The van der Waals surface area contributed by atoms with Crippen LogP contribution in [0.5, 0.6) is 0 Å². The van der Waals surface area contributed by atoms with Gasteiger partial charge in [0.05, 0.1) is 16.6 Å². The summed E-state index contributed by atoms with van der Waals surface area (Å²) in [6.07, 6.45) is 0. The summed E-state index contributed by atoms with van der Waals surface area (Å²) < 4.78 is 17.9. The zero-order valence-electron chi connectivity index (χ0n) is 21.0. The Morgan fingerprint density at radius 1 is 0.538 bits per heavy atom. The van der Waals surface area contributed by atoms with E-state index in [1.807, 2.05) is 78.9 Å². The van der Waals surface area contributed by atoms with Gasteiger partial charge < -0.3 is 4.57 Å². The van der Waals surface area contributed by atoms with Crippen molar-refractivity contribution in [2.75, 3.05) is 0 Å². The van der Waals surface area contributed by atoms with Gasteiger partial charge in [0, 0.05) is 26.7 Å². The SMILES string of the molecule is O=P(c1ccccc1)(c1ccccc1)c1cccc2c3ccc4ccccc4c3c3nc4ccccc4n3c12. The first-order chi connectivity index (χ1) is 19.2. The van der Waals surface area contributed by atoms with Crippen molar-refractivity contribution in [3.8, 4) is 0 Å². The Balaban J connectivity index is 1.66. The second-order valence-electron chi connectivity index (χ2n) is 9.92. The number of imidazole rings is 1. The maximum Gasteiger partial charge on any atom is 0.173 e. The van der Waals surface area contributed by atoms with Crippen molar-refractivity contribution in [1.29, 1.82) is 0 Å². The standard InChI is InChI=1S/C35H23N2OP/c38-39(25-13-3-1-4-14-25,26-15-5-2-6-16-26)32-21-11-18-29-28-23-22-24-12-7-8-17-27(24)33(28)35-36-30-19-9-10-20-31(30)37(35)34(29)32/h1-23H. The van der Waals surface area contributed by atoms with E-state index in [4.69, 9.17) is 4.98 Å². The molecule has 0 aliphatic rings. The summed E-state index contributed by atoms with van der Waals surface area (Å²) in [5.74, 6) is 0. The van der Waals surface area contributed by atoms with Gasteiger partial charge in [-0.3, -0.25) is 4.40 Å². The molecular weight excluding hydrogens is 495 g/mol. The third-order valence-corrected chi connectivity index (χ3v) is 10.9. The summed E-state index contributed by atoms with van der Waals surface area (Å²) >= 11 is 0. The van der Waals surface area contributed by atoms with E-state index in [0.717, 1.165) is 59.7 Å². The molecule has 0 N–H and O–H groups in total. The molecule has 0 unspecified atom stereocenters. The van der Waals surface area contributed by atoms with E-state index < -0.39 is 7.14 Å². The highest BCUT2D eigenvalue weighted by Gasteiger charge is 2.33. The van der Waals surface area contributed by atoms with E-state index in [1.54, 1.807) is 0 Å². The third-order valence-electron chi connectivity index (χ3n) is 7.82.